The number of hydrogen-bond acceptors (Lipinski definition) is 5. The summed E-state index contributed by atoms with van der Waals surface area (Å²) in [5.74, 6) is 0.832. The summed E-state index contributed by atoms with van der Waals surface area (Å²) >= 11 is 0. The van der Waals surface area contributed by atoms with Gasteiger partial charge in [0.1, 0.15) is 5.75 Å². The summed E-state index contributed by atoms with van der Waals surface area (Å²) in [6, 6.07) is 10.2. The van der Waals surface area contributed by atoms with E-state index in [-0.39, 0.29) is 5.75 Å². The molecule has 1 N–H and O–H groups in total. The first kappa shape index (κ1) is 15.0. The lowest BCUT2D eigenvalue weighted by atomic mass is 9.96. The third kappa shape index (κ3) is 2.40. The fraction of sp³-hybridized carbons (Fsp3) is 0.167. The highest BCUT2D eigenvalue weighted by molar-refractivity contribution is 6.16. The van der Waals surface area contributed by atoms with Crippen LogP contribution in [-0.2, 0) is 4.74 Å². The van der Waals surface area contributed by atoms with Crippen LogP contribution < -0.4 is 9.47 Å². The molecule has 0 bridgehead atoms. The number of carbonyl (C=O) groups excluding carboxylic acids is 1. The first-order valence-electron chi connectivity index (χ1n) is 6.98. The molecule has 0 spiro atoms. The minimum absolute atomic E-state index is 0.121. The van der Waals surface area contributed by atoms with Gasteiger partial charge in [0.25, 0.3) is 0 Å². The Kier molecular flexibility index (Phi) is 3.70. The van der Waals surface area contributed by atoms with Crippen molar-refractivity contribution in [2.24, 2.45) is 0 Å². The maximum atomic E-state index is 12.1. The Morgan fingerprint density at radius 1 is 0.870 bits per heavy atom. The number of esters is 1. The molecule has 0 aliphatic rings. The summed E-state index contributed by atoms with van der Waals surface area (Å²) in [5.41, 5.74) is 0.433. The fourth-order valence-electron chi connectivity index (χ4n) is 2.75. The Hall–Kier alpha value is -2.95. The first-order chi connectivity index (χ1) is 11.1. The molecule has 0 atom stereocenters. The molecule has 118 valence electrons. The summed E-state index contributed by atoms with van der Waals surface area (Å²) in [6.07, 6.45) is 0. The van der Waals surface area contributed by atoms with Gasteiger partial charge >= 0.3 is 5.97 Å². The van der Waals surface area contributed by atoms with Gasteiger partial charge in [0.15, 0.2) is 11.5 Å². The molecule has 0 amide bonds. The number of ether oxygens (including phenoxy) is 3. The Morgan fingerprint density at radius 3 is 2.22 bits per heavy atom. The number of benzene rings is 3. The van der Waals surface area contributed by atoms with Crippen molar-refractivity contribution in [1.29, 1.82) is 0 Å². The molecular formula is C18H16O5. The van der Waals surface area contributed by atoms with Crippen LogP contribution in [0.25, 0.3) is 21.5 Å². The van der Waals surface area contributed by atoms with Gasteiger partial charge in [0, 0.05) is 0 Å². The molecular weight excluding hydrogens is 296 g/mol. The summed E-state index contributed by atoms with van der Waals surface area (Å²) in [4.78, 5) is 12.1. The number of fused-ring (bicyclic) bond motifs is 3. The summed E-state index contributed by atoms with van der Waals surface area (Å²) in [5, 5.41) is 12.9. The minimum Gasteiger partial charge on any atom is -0.508 e. The smallest absolute Gasteiger partial charge is 0.338 e. The van der Waals surface area contributed by atoms with Crippen LogP contribution in [0.1, 0.15) is 10.4 Å². The number of phenols is 1. The van der Waals surface area contributed by atoms with E-state index >= 15 is 0 Å². The zero-order chi connectivity index (χ0) is 16.6. The quantitative estimate of drug-likeness (QED) is 0.592. The van der Waals surface area contributed by atoms with Crippen molar-refractivity contribution in [1.82, 2.24) is 0 Å². The molecule has 23 heavy (non-hydrogen) atoms. The molecule has 3 rings (SSSR count). The number of carbonyl (C=O) groups is 1. The average Bonchev–Trinajstić information content (AvgIpc) is 2.58. The van der Waals surface area contributed by atoms with E-state index < -0.39 is 5.97 Å². The zero-order valence-corrected chi connectivity index (χ0v) is 13.0. The van der Waals surface area contributed by atoms with Crippen LogP contribution in [0.4, 0.5) is 0 Å². The number of hydrogen-bond donors (Lipinski definition) is 1. The van der Waals surface area contributed by atoms with E-state index in [1.807, 2.05) is 6.07 Å². The molecule has 0 aromatic heterocycles. The van der Waals surface area contributed by atoms with Gasteiger partial charge in [-0.25, -0.2) is 4.79 Å². The molecule has 0 saturated heterocycles. The lowest BCUT2D eigenvalue weighted by Gasteiger charge is -2.13. The predicted molar refractivity (Wildman–Crippen MR) is 87.6 cm³/mol. The van der Waals surface area contributed by atoms with E-state index in [9.17, 15) is 9.90 Å². The van der Waals surface area contributed by atoms with Gasteiger partial charge in [-0.15, -0.1) is 0 Å². The van der Waals surface area contributed by atoms with Gasteiger partial charge in [-0.2, -0.15) is 0 Å². The Balaban J connectivity index is 2.48. The van der Waals surface area contributed by atoms with Crippen molar-refractivity contribution in [3.8, 4) is 17.2 Å². The summed E-state index contributed by atoms with van der Waals surface area (Å²) in [6.45, 7) is 0. The SMILES string of the molecule is COC(=O)c1cc2cc(OC)c(OC)cc2c2cc(O)ccc12. The number of methoxy groups -OCH3 is 3. The maximum Gasteiger partial charge on any atom is 0.338 e. The molecule has 0 fully saturated rings. The second-order valence-electron chi connectivity index (χ2n) is 5.07. The van der Waals surface area contributed by atoms with E-state index in [4.69, 9.17) is 14.2 Å². The van der Waals surface area contributed by atoms with Crippen molar-refractivity contribution in [2.45, 2.75) is 0 Å². The van der Waals surface area contributed by atoms with Crippen LogP contribution in [0.2, 0.25) is 0 Å². The largest absolute Gasteiger partial charge is 0.508 e. The summed E-state index contributed by atoms with van der Waals surface area (Å²) in [7, 11) is 4.46. The van der Waals surface area contributed by atoms with E-state index in [1.54, 1.807) is 44.6 Å². The number of rotatable bonds is 3. The average molecular weight is 312 g/mol. The third-order valence-corrected chi connectivity index (χ3v) is 3.84. The highest BCUT2D eigenvalue weighted by Crippen LogP contribution is 2.38. The van der Waals surface area contributed by atoms with Crippen LogP contribution in [0.3, 0.4) is 0 Å². The molecule has 3 aromatic carbocycles. The molecule has 0 unspecified atom stereocenters. The van der Waals surface area contributed by atoms with Crippen LogP contribution in [-0.4, -0.2) is 32.4 Å². The van der Waals surface area contributed by atoms with Gasteiger partial charge in [0.2, 0.25) is 0 Å². The Morgan fingerprint density at radius 2 is 1.57 bits per heavy atom. The molecule has 0 heterocycles. The lowest BCUT2D eigenvalue weighted by Crippen LogP contribution is -2.02. The van der Waals surface area contributed by atoms with Gasteiger partial charge in [0.05, 0.1) is 26.9 Å². The van der Waals surface area contributed by atoms with E-state index in [1.165, 1.54) is 7.11 Å². The first-order valence-corrected chi connectivity index (χ1v) is 6.98. The molecule has 0 saturated carbocycles. The van der Waals surface area contributed by atoms with E-state index in [2.05, 4.69) is 0 Å². The van der Waals surface area contributed by atoms with Crippen LogP contribution in [0.5, 0.6) is 17.2 Å². The third-order valence-electron chi connectivity index (χ3n) is 3.84. The second kappa shape index (κ2) is 5.68. The maximum absolute atomic E-state index is 12.1. The van der Waals surface area contributed by atoms with Crippen molar-refractivity contribution < 1.29 is 24.1 Å². The molecule has 5 nitrogen and oxygen atoms in total. The van der Waals surface area contributed by atoms with Crippen molar-refractivity contribution in [3.63, 3.8) is 0 Å². The number of phenolic OH excluding ortho intramolecular Hbond substituents is 1. The minimum atomic E-state index is -0.433. The molecule has 0 aliphatic heterocycles. The lowest BCUT2D eigenvalue weighted by molar-refractivity contribution is 0.0603. The monoisotopic (exact) mass is 312 g/mol. The highest BCUT2D eigenvalue weighted by Gasteiger charge is 2.16. The van der Waals surface area contributed by atoms with Crippen LogP contribution >= 0.6 is 0 Å². The van der Waals surface area contributed by atoms with Crippen molar-refractivity contribution >= 4 is 27.5 Å². The highest BCUT2D eigenvalue weighted by atomic mass is 16.5. The predicted octanol–water partition coefficient (Wildman–Crippen LogP) is 3.50. The molecule has 3 aromatic rings. The van der Waals surface area contributed by atoms with Gasteiger partial charge in [-0.05, 0) is 57.9 Å². The molecule has 5 heteroatoms. The van der Waals surface area contributed by atoms with Crippen LogP contribution in [0.15, 0.2) is 36.4 Å². The normalized spacial score (nSPS) is 10.7. The fourth-order valence-corrected chi connectivity index (χ4v) is 2.75. The standard InChI is InChI=1S/C18H16O5/c1-21-16-7-10-6-15(18(20)23-3)12-5-4-11(19)8-14(12)13(10)9-17(16)22-2/h4-9,19H,1-3H3. The van der Waals surface area contributed by atoms with E-state index in [0.717, 1.165) is 16.2 Å². The van der Waals surface area contributed by atoms with Gasteiger partial charge in [-0.3, -0.25) is 0 Å². The number of aromatic hydroxyl groups is 1. The topological polar surface area (TPSA) is 65.0 Å². The molecule has 0 radical (unpaired) electrons. The van der Waals surface area contributed by atoms with Crippen molar-refractivity contribution in [3.05, 3.63) is 42.0 Å². The van der Waals surface area contributed by atoms with Gasteiger partial charge < -0.3 is 19.3 Å². The van der Waals surface area contributed by atoms with Crippen LogP contribution in [0, 0.1) is 0 Å². The summed E-state index contributed by atoms with van der Waals surface area (Å²) < 4.78 is 15.5. The molecule has 0 aliphatic carbocycles. The van der Waals surface area contributed by atoms with E-state index in [0.29, 0.717) is 22.4 Å². The second-order valence-corrected chi connectivity index (χ2v) is 5.07. The zero-order valence-electron chi connectivity index (χ0n) is 13.0. The Bertz CT molecular complexity index is 914. The van der Waals surface area contributed by atoms with Crippen molar-refractivity contribution in [2.75, 3.05) is 21.3 Å². The van der Waals surface area contributed by atoms with Gasteiger partial charge in [-0.1, -0.05) is 0 Å². The Labute approximate surface area is 133 Å².